The van der Waals surface area contributed by atoms with Crippen LogP contribution in [0.1, 0.15) is 251 Å². The first-order valence-corrected chi connectivity index (χ1v) is 34.3. The van der Waals surface area contributed by atoms with Crippen LogP contribution in [0, 0.1) is 0 Å². The molecule has 0 aliphatic carbocycles. The highest BCUT2D eigenvalue weighted by Crippen LogP contribution is 2.33. The summed E-state index contributed by atoms with van der Waals surface area (Å²) in [6.07, 6.45) is 28.3. The Bertz CT molecular complexity index is 2490. The number of rotatable bonds is 48. The van der Waals surface area contributed by atoms with Gasteiger partial charge in [-0.1, -0.05) is 162 Å². The molecule has 4 rings (SSSR count). The third kappa shape index (κ3) is 34.5. The number of amides is 2. The maximum Gasteiger partial charge on any atom is 0.338 e. The van der Waals surface area contributed by atoms with Gasteiger partial charge in [0.2, 0.25) is 0 Å². The van der Waals surface area contributed by atoms with Gasteiger partial charge in [0.05, 0.1) is 83.4 Å². The van der Waals surface area contributed by atoms with E-state index >= 15 is 0 Å². The van der Waals surface area contributed by atoms with E-state index in [9.17, 15) is 19.2 Å². The highest BCUT2D eigenvalue weighted by atomic mass is 79.9. The second kappa shape index (κ2) is 50.4. The van der Waals surface area contributed by atoms with Crippen LogP contribution < -0.4 is 63.5 Å². The van der Waals surface area contributed by atoms with E-state index in [1.165, 1.54) is 103 Å². The van der Waals surface area contributed by atoms with Gasteiger partial charge in [-0.2, -0.15) is 0 Å². The average Bonchev–Trinajstić information content (AvgIpc) is 3.73. The number of benzene rings is 4. The maximum atomic E-state index is 13.4. The quantitative estimate of drug-likeness (QED) is 0.0249. The van der Waals surface area contributed by atoms with E-state index in [1.807, 2.05) is 18.2 Å². The number of anilines is 2. The zero-order valence-electron chi connectivity index (χ0n) is 57.3. The molecule has 2 amide bonds. The Morgan fingerprint density at radius 2 is 0.711 bits per heavy atom. The number of carbonyl (C=O) groups excluding carboxylic acids is 4. The molecule has 2 N–H and O–H groups in total. The van der Waals surface area contributed by atoms with Crippen LogP contribution >= 0.6 is 0 Å². The Morgan fingerprint density at radius 1 is 0.367 bits per heavy atom. The Balaban J connectivity index is 0.000000880. The smallest absolute Gasteiger partial charge is 0.338 e. The third-order valence-corrected chi connectivity index (χ3v) is 16.9. The molecule has 0 aliphatic rings. The van der Waals surface area contributed by atoms with Gasteiger partial charge in [-0.25, -0.2) is 9.59 Å². The number of para-hydroxylation sites is 1. The number of ether oxygens (including phenoxy) is 6. The van der Waals surface area contributed by atoms with Crippen molar-refractivity contribution in [2.24, 2.45) is 0 Å². The molecular weight excluding hydrogens is 1260 g/mol. The minimum Gasteiger partial charge on any atom is -1.00 e. The Labute approximate surface area is 565 Å². The minimum absolute atomic E-state index is 0. The molecule has 0 saturated carbocycles. The summed E-state index contributed by atoms with van der Waals surface area (Å²) in [6, 6.07) is 24.5. The molecule has 0 bridgehead atoms. The first-order valence-electron chi connectivity index (χ1n) is 34.3. The van der Waals surface area contributed by atoms with Crippen LogP contribution in [-0.2, 0) is 9.47 Å². The van der Waals surface area contributed by atoms with E-state index in [2.05, 4.69) is 80.1 Å². The van der Waals surface area contributed by atoms with Crippen molar-refractivity contribution >= 4 is 35.1 Å². The van der Waals surface area contributed by atoms with Crippen LogP contribution in [0.15, 0.2) is 84.9 Å². The van der Waals surface area contributed by atoms with Gasteiger partial charge in [0.1, 0.15) is 37.8 Å². The van der Waals surface area contributed by atoms with E-state index < -0.39 is 0 Å². The van der Waals surface area contributed by atoms with Gasteiger partial charge < -0.3 is 82.0 Å². The van der Waals surface area contributed by atoms with Crippen molar-refractivity contribution in [2.45, 2.75) is 209 Å². The standard InChI is InChI=1S/2C37H58N2O5.2BrH/c1-6-10-12-14-16-18-25-42-34-28-32(29-35(30-34)43-26-19-17-15-13-11-7-2)36(40)38-33-22-20-31(21-23-33)37(41)44-27-24-39(5,8-3)9-4;1-6-10-12-14-16-18-28-42-34-22-20-21-33(35(34)43-29-19-17-15-13-11-7-2)36(40)38-32-25-23-31(24-26-32)37(41)44-30-27-39(5,8-3)9-4;;/h20-23,28-30H,6-19,24-27H2,1-5H3;20-26H,6-19,27-30H2,1-5H3;2*1H. The number of halogens is 2. The van der Waals surface area contributed by atoms with E-state index in [0.29, 0.717) is 96.3 Å². The van der Waals surface area contributed by atoms with Crippen LogP contribution in [0.2, 0.25) is 0 Å². The number of carbonyl (C=O) groups is 4. The molecule has 90 heavy (non-hydrogen) atoms. The zero-order chi connectivity index (χ0) is 64.1. The summed E-state index contributed by atoms with van der Waals surface area (Å²) in [4.78, 5) is 51.8. The molecule has 0 aromatic heterocycles. The zero-order valence-corrected chi connectivity index (χ0v) is 60.4. The van der Waals surface area contributed by atoms with Gasteiger partial charge in [0.15, 0.2) is 11.5 Å². The molecule has 4 aromatic carbocycles. The Morgan fingerprint density at radius 3 is 1.09 bits per heavy atom. The number of likely N-dealkylation sites (N-methyl/N-ethyl adjacent to an activating group) is 2. The predicted molar refractivity (Wildman–Crippen MR) is 362 cm³/mol. The van der Waals surface area contributed by atoms with Crippen LogP contribution in [0.3, 0.4) is 0 Å². The highest BCUT2D eigenvalue weighted by Gasteiger charge is 2.22. The lowest BCUT2D eigenvalue weighted by atomic mass is 10.1. The fraction of sp³-hybridized carbons (Fsp3) is 0.622. The van der Waals surface area contributed by atoms with Crippen molar-refractivity contribution in [1.29, 1.82) is 0 Å². The fourth-order valence-corrected chi connectivity index (χ4v) is 9.84. The Hall–Kier alpha value is -5.16. The van der Waals surface area contributed by atoms with Crippen molar-refractivity contribution in [3.05, 3.63) is 107 Å². The Kier molecular flexibility index (Phi) is 46.4. The van der Waals surface area contributed by atoms with Crippen LogP contribution in [0.25, 0.3) is 0 Å². The number of esters is 2. The van der Waals surface area contributed by atoms with E-state index in [0.717, 1.165) is 99.6 Å². The molecule has 508 valence electrons. The average molecular weight is 1380 g/mol. The summed E-state index contributed by atoms with van der Waals surface area (Å²) in [7, 11) is 4.32. The summed E-state index contributed by atoms with van der Waals surface area (Å²) >= 11 is 0. The molecule has 4 aromatic rings. The number of hydrogen-bond donors (Lipinski definition) is 2. The molecule has 14 nitrogen and oxygen atoms in total. The van der Waals surface area contributed by atoms with Gasteiger partial charge in [-0.05, 0) is 126 Å². The summed E-state index contributed by atoms with van der Waals surface area (Å²) in [5.41, 5.74) is 3.01. The van der Waals surface area contributed by atoms with Crippen LogP contribution in [-0.4, -0.2) is 126 Å². The molecule has 0 spiro atoms. The highest BCUT2D eigenvalue weighted by molar-refractivity contribution is 6.07. The molecule has 16 heteroatoms. The molecule has 0 radical (unpaired) electrons. The number of hydrogen-bond acceptors (Lipinski definition) is 10. The molecule has 0 heterocycles. The second-order valence-corrected chi connectivity index (χ2v) is 24.1. The largest absolute Gasteiger partial charge is 1.00 e. The summed E-state index contributed by atoms with van der Waals surface area (Å²) in [6.45, 7) is 26.1. The van der Waals surface area contributed by atoms with Crippen LogP contribution in [0.4, 0.5) is 11.4 Å². The molecule has 0 saturated heterocycles. The first-order chi connectivity index (χ1) is 42.7. The van der Waals surface area contributed by atoms with Gasteiger partial charge in [-0.3, -0.25) is 9.59 Å². The molecule has 0 unspecified atom stereocenters. The van der Waals surface area contributed by atoms with Gasteiger partial charge in [0.25, 0.3) is 11.8 Å². The van der Waals surface area contributed by atoms with E-state index in [1.54, 1.807) is 66.7 Å². The number of unbranched alkanes of at least 4 members (excludes halogenated alkanes) is 20. The number of quaternary nitrogens is 2. The van der Waals surface area contributed by atoms with E-state index in [-0.39, 0.29) is 57.7 Å². The maximum absolute atomic E-state index is 13.4. The summed E-state index contributed by atoms with van der Waals surface area (Å²) < 4.78 is 37.2. The van der Waals surface area contributed by atoms with Gasteiger partial charge >= 0.3 is 11.9 Å². The monoisotopic (exact) mass is 1380 g/mol. The second-order valence-electron chi connectivity index (χ2n) is 24.1. The normalized spacial score (nSPS) is 11.0. The molecule has 0 fully saturated rings. The van der Waals surface area contributed by atoms with Gasteiger partial charge in [-0.15, -0.1) is 0 Å². The first kappa shape index (κ1) is 82.9. The van der Waals surface area contributed by atoms with Crippen molar-refractivity contribution in [2.75, 3.05) is 104 Å². The van der Waals surface area contributed by atoms with E-state index in [4.69, 9.17) is 28.4 Å². The van der Waals surface area contributed by atoms with Gasteiger partial charge in [0, 0.05) is 23.0 Å². The summed E-state index contributed by atoms with van der Waals surface area (Å²) in [5.74, 6) is 1.13. The lowest BCUT2D eigenvalue weighted by Gasteiger charge is -2.31. The topological polar surface area (TPSA) is 148 Å². The molecule has 0 atom stereocenters. The lowest BCUT2D eigenvalue weighted by molar-refractivity contribution is -0.906. The van der Waals surface area contributed by atoms with Crippen molar-refractivity contribution < 1.29 is 90.5 Å². The minimum atomic E-state index is -0.359. The van der Waals surface area contributed by atoms with Crippen molar-refractivity contribution in [3.63, 3.8) is 0 Å². The lowest BCUT2D eigenvalue weighted by Crippen LogP contribution is -3.00. The number of nitrogens with zero attached hydrogens (tertiary/aromatic N) is 2. The predicted octanol–water partition coefficient (Wildman–Crippen LogP) is 12.1. The SMILES string of the molecule is CCCCCCCCOc1cc(OCCCCCCCC)cc(C(=O)Nc2ccc(C(=O)OCC[N+](C)(CC)CC)cc2)c1.CCCCCCCCOc1cccc(C(=O)Nc2ccc(C(=O)OCC[N+](C)(CC)CC)cc2)c1OCCCCCCCC.[Br-].[Br-]. The fourth-order valence-electron chi connectivity index (χ4n) is 9.84. The number of nitrogens with one attached hydrogen (secondary N) is 2. The third-order valence-electron chi connectivity index (χ3n) is 16.9. The summed E-state index contributed by atoms with van der Waals surface area (Å²) in [5, 5.41) is 5.91. The molecule has 0 aliphatic heterocycles. The van der Waals surface area contributed by atoms with Crippen molar-refractivity contribution in [3.8, 4) is 23.0 Å². The van der Waals surface area contributed by atoms with Crippen molar-refractivity contribution in [1.82, 2.24) is 0 Å². The molecular formula is C74H118Br2N4O10. The van der Waals surface area contributed by atoms with Crippen LogP contribution in [0.5, 0.6) is 23.0 Å².